The van der Waals surface area contributed by atoms with Crippen LogP contribution in [0.5, 0.6) is 0 Å². The Morgan fingerprint density at radius 2 is 2.06 bits per heavy atom. The van der Waals surface area contributed by atoms with Gasteiger partial charge in [-0.15, -0.1) is 11.3 Å². The van der Waals surface area contributed by atoms with Gasteiger partial charge in [0.05, 0.1) is 6.04 Å². The number of carbonyl (C=O) groups excluding carboxylic acids is 1. The van der Waals surface area contributed by atoms with Gasteiger partial charge in [0.25, 0.3) is 0 Å². The first-order valence-electron chi connectivity index (χ1n) is 5.42. The van der Waals surface area contributed by atoms with Crippen molar-refractivity contribution in [3.05, 3.63) is 33.0 Å². The fourth-order valence-corrected chi connectivity index (χ4v) is 2.70. The molecule has 0 unspecified atom stereocenters. The molecule has 1 aromatic rings. The summed E-state index contributed by atoms with van der Waals surface area (Å²) < 4.78 is 0. The maximum Gasteiger partial charge on any atom is 0.244 e. The van der Waals surface area contributed by atoms with Gasteiger partial charge in [-0.25, -0.2) is 0 Å². The minimum Gasteiger partial charge on any atom is -0.346 e. The van der Waals surface area contributed by atoms with Gasteiger partial charge in [0.15, 0.2) is 0 Å². The monoisotopic (exact) mass is 237 g/mol. The summed E-state index contributed by atoms with van der Waals surface area (Å²) in [4.78, 5) is 14.1. The zero-order valence-corrected chi connectivity index (χ0v) is 11.4. The molecule has 2 nitrogen and oxygen atoms in total. The second-order valence-electron chi connectivity index (χ2n) is 4.32. The van der Waals surface area contributed by atoms with E-state index >= 15 is 0 Å². The quantitative estimate of drug-likeness (QED) is 0.801. The van der Waals surface area contributed by atoms with Crippen molar-refractivity contribution < 1.29 is 4.79 Å². The molecule has 0 spiro atoms. The van der Waals surface area contributed by atoms with Crippen LogP contribution < -0.4 is 5.32 Å². The molecular formula is C13H19NOS. The Balaban J connectivity index is 2.73. The summed E-state index contributed by atoms with van der Waals surface area (Å²) in [5.74, 6) is -0.0178. The van der Waals surface area contributed by atoms with Crippen molar-refractivity contribution in [3.63, 3.8) is 0 Å². The highest BCUT2D eigenvalue weighted by atomic mass is 32.1. The maximum atomic E-state index is 11.6. The highest BCUT2D eigenvalue weighted by molar-refractivity contribution is 7.12. The fraction of sp³-hybridized carbons (Fsp3) is 0.462. The Bertz CT molecular complexity index is 414. The summed E-state index contributed by atoms with van der Waals surface area (Å²) in [6, 6.07) is 2.22. The Morgan fingerprint density at radius 1 is 1.44 bits per heavy atom. The van der Waals surface area contributed by atoms with Crippen molar-refractivity contribution in [2.75, 3.05) is 0 Å². The van der Waals surface area contributed by atoms with Crippen LogP contribution >= 0.6 is 11.3 Å². The number of allylic oxidation sites excluding steroid dienone is 1. The molecule has 0 radical (unpaired) electrons. The molecule has 0 saturated carbocycles. The number of rotatable bonds is 3. The van der Waals surface area contributed by atoms with Crippen LogP contribution in [0.15, 0.2) is 17.7 Å². The molecule has 0 aromatic carbocycles. The van der Waals surface area contributed by atoms with E-state index in [1.165, 1.54) is 15.3 Å². The van der Waals surface area contributed by atoms with Gasteiger partial charge in [-0.3, -0.25) is 4.79 Å². The lowest BCUT2D eigenvalue weighted by Crippen LogP contribution is -2.25. The van der Waals surface area contributed by atoms with Crippen molar-refractivity contribution in [2.24, 2.45) is 0 Å². The number of carbonyl (C=O) groups is 1. The van der Waals surface area contributed by atoms with Crippen LogP contribution in [-0.4, -0.2) is 5.91 Å². The molecule has 0 saturated heterocycles. The van der Waals surface area contributed by atoms with Gasteiger partial charge >= 0.3 is 0 Å². The van der Waals surface area contributed by atoms with Crippen LogP contribution in [0.1, 0.15) is 42.1 Å². The summed E-state index contributed by atoms with van der Waals surface area (Å²) in [5, 5.41) is 2.97. The van der Waals surface area contributed by atoms with Gasteiger partial charge in [-0.1, -0.05) is 5.57 Å². The normalized spacial score (nSPS) is 12.1. The first-order valence-corrected chi connectivity index (χ1v) is 6.24. The van der Waals surface area contributed by atoms with Crippen molar-refractivity contribution in [3.8, 4) is 0 Å². The molecule has 0 bridgehead atoms. The van der Waals surface area contributed by atoms with E-state index in [4.69, 9.17) is 0 Å². The molecule has 88 valence electrons. The standard InChI is InChI=1S/C13H19NOS/c1-8(2)6-13(15)14-10(4)12-7-9(3)16-11(12)5/h6-7,10H,1-5H3,(H,14,15)/t10-/m0/s1. The Labute approximate surface area is 101 Å². The predicted molar refractivity (Wildman–Crippen MR) is 69.8 cm³/mol. The third-order valence-electron chi connectivity index (χ3n) is 2.32. The number of thiophene rings is 1. The predicted octanol–water partition coefficient (Wildman–Crippen LogP) is 3.51. The molecule has 0 aliphatic heterocycles. The highest BCUT2D eigenvalue weighted by Gasteiger charge is 2.12. The zero-order chi connectivity index (χ0) is 12.3. The molecule has 1 atom stereocenters. The largest absolute Gasteiger partial charge is 0.346 e. The smallest absolute Gasteiger partial charge is 0.244 e. The summed E-state index contributed by atoms with van der Waals surface area (Å²) in [6.45, 7) is 10.0. The average molecular weight is 237 g/mol. The van der Waals surface area contributed by atoms with Crippen LogP contribution in [-0.2, 0) is 4.79 Å². The van der Waals surface area contributed by atoms with E-state index in [1.807, 2.05) is 20.8 Å². The zero-order valence-electron chi connectivity index (χ0n) is 10.5. The van der Waals surface area contributed by atoms with Gasteiger partial charge in [0.2, 0.25) is 5.91 Å². The van der Waals surface area contributed by atoms with Crippen molar-refractivity contribution >= 4 is 17.2 Å². The van der Waals surface area contributed by atoms with Crippen LogP contribution in [0.25, 0.3) is 0 Å². The van der Waals surface area contributed by atoms with E-state index in [1.54, 1.807) is 17.4 Å². The van der Waals surface area contributed by atoms with E-state index in [0.29, 0.717) is 0 Å². The first-order chi connectivity index (χ1) is 7.40. The Hall–Kier alpha value is -1.09. The fourth-order valence-electron chi connectivity index (χ4n) is 1.68. The first kappa shape index (κ1) is 13.0. The molecule has 0 aliphatic rings. The summed E-state index contributed by atoms with van der Waals surface area (Å²) in [5.41, 5.74) is 2.24. The number of aryl methyl sites for hydroxylation is 2. The van der Waals surface area contributed by atoms with Gasteiger partial charge in [0, 0.05) is 15.8 Å². The topological polar surface area (TPSA) is 29.1 Å². The van der Waals surface area contributed by atoms with Crippen molar-refractivity contribution in [1.29, 1.82) is 0 Å². The van der Waals surface area contributed by atoms with Gasteiger partial charge in [-0.05, 0) is 46.2 Å². The van der Waals surface area contributed by atoms with E-state index in [-0.39, 0.29) is 11.9 Å². The lowest BCUT2D eigenvalue weighted by atomic mass is 10.1. The Morgan fingerprint density at radius 3 is 2.50 bits per heavy atom. The number of amides is 1. The van der Waals surface area contributed by atoms with Crippen molar-refractivity contribution in [2.45, 2.75) is 40.7 Å². The maximum absolute atomic E-state index is 11.6. The molecule has 0 aliphatic carbocycles. The SMILES string of the molecule is CC(C)=CC(=O)N[C@@H](C)c1cc(C)sc1C. The van der Waals surface area contributed by atoms with E-state index < -0.39 is 0 Å². The lowest BCUT2D eigenvalue weighted by molar-refractivity contribution is -0.117. The second-order valence-corrected chi connectivity index (χ2v) is 5.78. The minimum absolute atomic E-state index is 0.0178. The van der Waals surface area contributed by atoms with Gasteiger partial charge in [0.1, 0.15) is 0 Å². The number of hydrogen-bond acceptors (Lipinski definition) is 2. The molecule has 1 heterocycles. The highest BCUT2D eigenvalue weighted by Crippen LogP contribution is 2.25. The molecule has 3 heteroatoms. The molecule has 16 heavy (non-hydrogen) atoms. The number of nitrogens with one attached hydrogen (secondary N) is 1. The minimum atomic E-state index is -0.0178. The second kappa shape index (κ2) is 5.30. The Kier molecular flexibility index (Phi) is 4.30. The molecule has 1 amide bonds. The van der Waals surface area contributed by atoms with Crippen LogP contribution in [0.3, 0.4) is 0 Å². The molecule has 1 aromatic heterocycles. The molecule has 1 rings (SSSR count). The van der Waals surface area contributed by atoms with Crippen LogP contribution in [0.4, 0.5) is 0 Å². The van der Waals surface area contributed by atoms with Crippen LogP contribution in [0.2, 0.25) is 0 Å². The summed E-state index contributed by atoms with van der Waals surface area (Å²) in [7, 11) is 0. The third-order valence-corrected chi connectivity index (χ3v) is 3.31. The molecule has 1 N–H and O–H groups in total. The summed E-state index contributed by atoms with van der Waals surface area (Å²) in [6.07, 6.45) is 1.63. The van der Waals surface area contributed by atoms with Crippen LogP contribution in [0, 0.1) is 13.8 Å². The molecular weight excluding hydrogens is 218 g/mol. The lowest BCUT2D eigenvalue weighted by Gasteiger charge is -2.12. The molecule has 0 fully saturated rings. The average Bonchev–Trinajstić information content (AvgIpc) is 2.43. The van der Waals surface area contributed by atoms with E-state index in [0.717, 1.165) is 5.57 Å². The van der Waals surface area contributed by atoms with E-state index in [9.17, 15) is 4.79 Å². The van der Waals surface area contributed by atoms with Gasteiger partial charge < -0.3 is 5.32 Å². The van der Waals surface area contributed by atoms with Crippen molar-refractivity contribution in [1.82, 2.24) is 5.32 Å². The van der Waals surface area contributed by atoms with E-state index in [2.05, 4.69) is 25.2 Å². The summed E-state index contributed by atoms with van der Waals surface area (Å²) >= 11 is 1.77. The number of hydrogen-bond donors (Lipinski definition) is 1. The van der Waals surface area contributed by atoms with Gasteiger partial charge in [-0.2, -0.15) is 0 Å². The third kappa shape index (κ3) is 3.49.